The Bertz CT molecular complexity index is 480. The van der Waals surface area contributed by atoms with Crippen molar-refractivity contribution in [2.75, 3.05) is 19.5 Å². The lowest BCUT2D eigenvalue weighted by Gasteiger charge is -2.19. The first-order valence-corrected chi connectivity index (χ1v) is 6.80. The van der Waals surface area contributed by atoms with Crippen LogP contribution in [0.1, 0.15) is 20.3 Å². The van der Waals surface area contributed by atoms with Gasteiger partial charge in [0.25, 0.3) is 0 Å². The number of benzene rings is 1. The molecule has 0 aliphatic carbocycles. The highest BCUT2D eigenvalue weighted by molar-refractivity contribution is 6.34. The number of carbonyl (C=O) groups is 1. The van der Waals surface area contributed by atoms with Gasteiger partial charge >= 0.3 is 0 Å². The molecule has 0 heterocycles. The van der Waals surface area contributed by atoms with Crippen molar-refractivity contribution in [1.82, 2.24) is 0 Å². The van der Waals surface area contributed by atoms with Crippen LogP contribution >= 0.6 is 11.6 Å². The number of rotatable bonds is 6. The number of amides is 1. The number of anilines is 1. The van der Waals surface area contributed by atoms with Crippen LogP contribution in [0.4, 0.5) is 5.69 Å². The molecule has 0 aliphatic rings. The second-order valence-corrected chi connectivity index (χ2v) is 4.99. The smallest absolute Gasteiger partial charge is 0.241 e. The molecule has 1 rings (SSSR count). The van der Waals surface area contributed by atoms with Gasteiger partial charge in [-0.3, -0.25) is 4.79 Å². The van der Waals surface area contributed by atoms with E-state index in [-0.39, 0.29) is 11.8 Å². The summed E-state index contributed by atoms with van der Waals surface area (Å²) in [5.74, 6) is 0.813. The molecule has 0 aromatic heterocycles. The van der Waals surface area contributed by atoms with E-state index in [1.807, 2.05) is 13.8 Å². The molecular formula is C14H21ClN2O3. The highest BCUT2D eigenvalue weighted by atomic mass is 35.5. The molecule has 0 aliphatic heterocycles. The lowest BCUT2D eigenvalue weighted by molar-refractivity contribution is -0.118. The first-order valence-electron chi connectivity index (χ1n) is 6.42. The Labute approximate surface area is 124 Å². The molecule has 0 saturated heterocycles. The third-order valence-corrected chi connectivity index (χ3v) is 3.60. The third kappa shape index (κ3) is 3.77. The van der Waals surface area contributed by atoms with Crippen LogP contribution in [0.5, 0.6) is 11.5 Å². The molecule has 5 nitrogen and oxygen atoms in total. The van der Waals surface area contributed by atoms with E-state index < -0.39 is 6.04 Å². The second kappa shape index (κ2) is 7.36. The van der Waals surface area contributed by atoms with Crippen molar-refractivity contribution >= 4 is 23.2 Å². The predicted octanol–water partition coefficient (Wildman–Crippen LogP) is 2.67. The summed E-state index contributed by atoms with van der Waals surface area (Å²) >= 11 is 6.11. The van der Waals surface area contributed by atoms with E-state index in [4.69, 9.17) is 26.8 Å². The molecule has 0 spiro atoms. The highest BCUT2D eigenvalue weighted by Gasteiger charge is 2.21. The maximum atomic E-state index is 12.1. The van der Waals surface area contributed by atoms with E-state index in [2.05, 4.69) is 5.32 Å². The molecule has 112 valence electrons. The first-order chi connectivity index (χ1) is 9.44. The van der Waals surface area contributed by atoms with Gasteiger partial charge in [0, 0.05) is 12.1 Å². The summed E-state index contributed by atoms with van der Waals surface area (Å²) in [5.41, 5.74) is 6.34. The van der Waals surface area contributed by atoms with Crippen molar-refractivity contribution in [3.63, 3.8) is 0 Å². The summed E-state index contributed by atoms with van der Waals surface area (Å²) in [6.45, 7) is 3.92. The molecule has 1 aromatic rings. The van der Waals surface area contributed by atoms with Crippen molar-refractivity contribution in [3.05, 3.63) is 17.2 Å². The molecular weight excluding hydrogens is 280 g/mol. The Morgan fingerprint density at radius 3 is 2.40 bits per heavy atom. The zero-order chi connectivity index (χ0) is 15.3. The summed E-state index contributed by atoms with van der Waals surface area (Å²) in [4.78, 5) is 12.1. The van der Waals surface area contributed by atoms with Gasteiger partial charge in [0.2, 0.25) is 5.91 Å². The van der Waals surface area contributed by atoms with E-state index in [9.17, 15) is 4.79 Å². The van der Waals surface area contributed by atoms with Gasteiger partial charge in [-0.05, 0) is 5.92 Å². The number of methoxy groups -OCH3 is 2. The van der Waals surface area contributed by atoms with Gasteiger partial charge in [-0.2, -0.15) is 0 Å². The molecule has 1 aromatic carbocycles. The second-order valence-electron chi connectivity index (χ2n) is 4.59. The van der Waals surface area contributed by atoms with Gasteiger partial charge in [0.05, 0.1) is 31.0 Å². The Morgan fingerprint density at radius 1 is 1.35 bits per heavy atom. The van der Waals surface area contributed by atoms with E-state index in [0.29, 0.717) is 22.2 Å². The summed E-state index contributed by atoms with van der Waals surface area (Å²) < 4.78 is 10.3. The molecule has 0 fully saturated rings. The highest BCUT2D eigenvalue weighted by Crippen LogP contribution is 2.36. The van der Waals surface area contributed by atoms with Crippen LogP contribution in [-0.2, 0) is 4.79 Å². The lowest BCUT2D eigenvalue weighted by atomic mass is 9.99. The molecule has 0 saturated carbocycles. The monoisotopic (exact) mass is 300 g/mol. The van der Waals surface area contributed by atoms with Crippen LogP contribution in [-0.4, -0.2) is 26.2 Å². The minimum Gasteiger partial charge on any atom is -0.493 e. The van der Waals surface area contributed by atoms with Crippen LogP contribution < -0.4 is 20.5 Å². The third-order valence-electron chi connectivity index (χ3n) is 3.29. The quantitative estimate of drug-likeness (QED) is 0.847. The Balaban J connectivity index is 2.95. The van der Waals surface area contributed by atoms with Gasteiger partial charge in [-0.25, -0.2) is 0 Å². The van der Waals surface area contributed by atoms with Crippen molar-refractivity contribution in [1.29, 1.82) is 0 Å². The molecule has 6 heteroatoms. The van der Waals surface area contributed by atoms with Crippen molar-refractivity contribution in [2.45, 2.75) is 26.3 Å². The number of hydrogen-bond donors (Lipinski definition) is 2. The zero-order valence-corrected chi connectivity index (χ0v) is 13.0. The first kappa shape index (κ1) is 16.6. The average Bonchev–Trinajstić information content (AvgIpc) is 2.46. The van der Waals surface area contributed by atoms with Crippen LogP contribution in [0.15, 0.2) is 12.1 Å². The van der Waals surface area contributed by atoms with E-state index in [0.717, 1.165) is 6.42 Å². The average molecular weight is 301 g/mol. The van der Waals surface area contributed by atoms with E-state index >= 15 is 0 Å². The van der Waals surface area contributed by atoms with Gasteiger partial charge in [-0.1, -0.05) is 31.9 Å². The summed E-state index contributed by atoms with van der Waals surface area (Å²) in [5, 5.41) is 3.09. The lowest BCUT2D eigenvalue weighted by Crippen LogP contribution is -2.40. The molecule has 0 radical (unpaired) electrons. The minimum atomic E-state index is -0.579. The number of ether oxygens (including phenoxy) is 2. The maximum Gasteiger partial charge on any atom is 0.241 e. The Morgan fingerprint density at radius 2 is 1.90 bits per heavy atom. The number of halogens is 1. The predicted molar refractivity (Wildman–Crippen MR) is 80.6 cm³/mol. The summed E-state index contributed by atoms with van der Waals surface area (Å²) in [6, 6.07) is 2.62. The number of hydrogen-bond acceptors (Lipinski definition) is 4. The van der Waals surface area contributed by atoms with Crippen molar-refractivity contribution < 1.29 is 14.3 Å². The molecule has 3 N–H and O–H groups in total. The maximum absolute atomic E-state index is 12.1. The number of nitrogens with one attached hydrogen (secondary N) is 1. The van der Waals surface area contributed by atoms with Crippen molar-refractivity contribution in [3.8, 4) is 11.5 Å². The van der Waals surface area contributed by atoms with Gasteiger partial charge in [-0.15, -0.1) is 0 Å². The van der Waals surface area contributed by atoms with Crippen LogP contribution in [0.3, 0.4) is 0 Å². The molecule has 0 unspecified atom stereocenters. The fourth-order valence-electron chi connectivity index (χ4n) is 1.68. The molecule has 20 heavy (non-hydrogen) atoms. The molecule has 2 atom stereocenters. The Kier molecular flexibility index (Phi) is 6.10. The molecule has 0 bridgehead atoms. The van der Waals surface area contributed by atoms with E-state index in [1.54, 1.807) is 12.1 Å². The number of carbonyl (C=O) groups excluding carboxylic acids is 1. The van der Waals surface area contributed by atoms with Gasteiger partial charge < -0.3 is 20.5 Å². The topological polar surface area (TPSA) is 73.6 Å². The largest absolute Gasteiger partial charge is 0.493 e. The fourth-order valence-corrected chi connectivity index (χ4v) is 1.88. The Hall–Kier alpha value is -1.46. The van der Waals surface area contributed by atoms with Gasteiger partial charge in [0.15, 0.2) is 11.5 Å². The molecule has 1 amide bonds. The van der Waals surface area contributed by atoms with E-state index in [1.165, 1.54) is 14.2 Å². The standard InChI is InChI=1S/C14H21ClN2O3/c1-5-8(2)13(16)14(18)17-10-7-12(20-4)11(19-3)6-9(10)15/h6-8,13H,5,16H2,1-4H3,(H,17,18)/t8-,13-/m0/s1. The minimum absolute atomic E-state index is 0.0916. The SMILES string of the molecule is CC[C@H](C)[C@H](N)C(=O)Nc1cc(OC)c(OC)cc1Cl. The summed E-state index contributed by atoms with van der Waals surface area (Å²) in [6.07, 6.45) is 0.828. The number of nitrogens with two attached hydrogens (primary N) is 1. The normalized spacial score (nSPS) is 13.5. The zero-order valence-electron chi connectivity index (χ0n) is 12.2. The van der Waals surface area contributed by atoms with Crippen LogP contribution in [0.25, 0.3) is 0 Å². The van der Waals surface area contributed by atoms with Crippen LogP contribution in [0.2, 0.25) is 5.02 Å². The summed E-state index contributed by atoms with van der Waals surface area (Å²) in [7, 11) is 3.04. The van der Waals surface area contributed by atoms with Crippen molar-refractivity contribution in [2.24, 2.45) is 11.7 Å². The fraction of sp³-hybridized carbons (Fsp3) is 0.500. The van der Waals surface area contributed by atoms with Gasteiger partial charge in [0.1, 0.15) is 0 Å². The van der Waals surface area contributed by atoms with Crippen LogP contribution in [0, 0.1) is 5.92 Å².